The molecule has 1 fully saturated rings. The highest BCUT2D eigenvalue weighted by Gasteiger charge is 2.17. The van der Waals surface area contributed by atoms with Crippen LogP contribution in [0.5, 0.6) is 5.75 Å². The third kappa shape index (κ3) is 7.90. The Kier molecular flexibility index (Phi) is 11.0. The van der Waals surface area contributed by atoms with Gasteiger partial charge in [0.2, 0.25) is 0 Å². The normalized spacial score (nSPS) is 17.1. The highest BCUT2D eigenvalue weighted by Crippen LogP contribution is 2.29. The quantitative estimate of drug-likeness (QED) is 0.236. The van der Waals surface area contributed by atoms with E-state index >= 15 is 0 Å². The molecule has 2 aliphatic rings. The number of rotatable bonds is 8. The van der Waals surface area contributed by atoms with Gasteiger partial charge in [-0.05, 0) is 43.4 Å². The molecule has 0 amide bonds. The Morgan fingerprint density at radius 2 is 2.00 bits per heavy atom. The van der Waals surface area contributed by atoms with Crippen molar-refractivity contribution in [3.8, 4) is 5.75 Å². The fourth-order valence-corrected chi connectivity index (χ4v) is 3.74. The van der Waals surface area contributed by atoms with Crippen LogP contribution in [0, 0.1) is 5.82 Å². The zero-order valence-electron chi connectivity index (χ0n) is 17.2. The third-order valence-corrected chi connectivity index (χ3v) is 5.18. The number of hydrogen-bond acceptors (Lipinski definition) is 4. The summed E-state index contributed by atoms with van der Waals surface area (Å²) >= 11 is 0. The maximum absolute atomic E-state index is 13.8. The predicted octanol–water partition coefficient (Wildman–Crippen LogP) is 3.76. The van der Waals surface area contributed by atoms with Crippen molar-refractivity contribution in [3.05, 3.63) is 29.1 Å². The van der Waals surface area contributed by atoms with Crippen molar-refractivity contribution < 1.29 is 18.6 Å². The SMILES string of the molecule is CN=C(NCCCOC1CCCCC1)NCCc1cc(F)cc2c1OCOC2.I. The largest absolute Gasteiger partial charge is 0.467 e. The van der Waals surface area contributed by atoms with Crippen LogP contribution in [-0.2, 0) is 22.5 Å². The summed E-state index contributed by atoms with van der Waals surface area (Å²) in [6.07, 6.45) is 8.40. The molecule has 0 unspecified atom stereocenters. The van der Waals surface area contributed by atoms with Crippen LogP contribution in [0.1, 0.15) is 49.7 Å². The monoisotopic (exact) mass is 521 g/mol. The first kappa shape index (κ1) is 24.1. The van der Waals surface area contributed by atoms with Gasteiger partial charge in [-0.3, -0.25) is 4.99 Å². The molecule has 1 heterocycles. The van der Waals surface area contributed by atoms with Crippen molar-refractivity contribution in [2.45, 2.75) is 57.7 Å². The van der Waals surface area contributed by atoms with Gasteiger partial charge in [0.15, 0.2) is 12.8 Å². The number of aliphatic imine (C=N–C) groups is 1. The van der Waals surface area contributed by atoms with Gasteiger partial charge in [-0.2, -0.15) is 0 Å². The second-order valence-electron chi connectivity index (χ2n) is 7.32. The maximum atomic E-state index is 13.8. The van der Waals surface area contributed by atoms with Gasteiger partial charge in [0, 0.05) is 32.3 Å². The molecule has 1 aromatic carbocycles. The lowest BCUT2D eigenvalue weighted by atomic mass is 9.98. The van der Waals surface area contributed by atoms with Crippen LogP contribution < -0.4 is 15.4 Å². The summed E-state index contributed by atoms with van der Waals surface area (Å²) in [5, 5.41) is 6.57. The fraction of sp³-hybridized carbons (Fsp3) is 0.667. The van der Waals surface area contributed by atoms with E-state index in [1.165, 1.54) is 44.2 Å². The van der Waals surface area contributed by atoms with E-state index in [2.05, 4.69) is 15.6 Å². The number of benzene rings is 1. The zero-order valence-corrected chi connectivity index (χ0v) is 19.5. The van der Waals surface area contributed by atoms with Gasteiger partial charge in [0.1, 0.15) is 11.6 Å². The molecule has 164 valence electrons. The van der Waals surface area contributed by atoms with Crippen LogP contribution in [0.25, 0.3) is 0 Å². The Bertz CT molecular complexity index is 654. The van der Waals surface area contributed by atoms with Crippen molar-refractivity contribution >= 4 is 29.9 Å². The predicted molar refractivity (Wildman–Crippen MR) is 123 cm³/mol. The van der Waals surface area contributed by atoms with E-state index in [0.29, 0.717) is 25.7 Å². The molecule has 0 atom stereocenters. The Morgan fingerprint density at radius 1 is 1.21 bits per heavy atom. The molecule has 2 N–H and O–H groups in total. The third-order valence-electron chi connectivity index (χ3n) is 5.18. The van der Waals surface area contributed by atoms with Crippen LogP contribution >= 0.6 is 24.0 Å². The van der Waals surface area contributed by atoms with Gasteiger partial charge in [-0.25, -0.2) is 4.39 Å². The van der Waals surface area contributed by atoms with E-state index < -0.39 is 0 Å². The van der Waals surface area contributed by atoms with E-state index in [-0.39, 0.29) is 36.6 Å². The van der Waals surface area contributed by atoms with Crippen LogP contribution in [0.3, 0.4) is 0 Å². The lowest BCUT2D eigenvalue weighted by Crippen LogP contribution is -2.39. The molecular formula is C21H33FIN3O3. The Morgan fingerprint density at radius 3 is 2.79 bits per heavy atom. The molecule has 29 heavy (non-hydrogen) atoms. The number of ether oxygens (including phenoxy) is 3. The minimum atomic E-state index is -0.261. The van der Waals surface area contributed by atoms with Crippen LogP contribution in [-0.4, -0.2) is 45.6 Å². The molecule has 0 bridgehead atoms. The second-order valence-corrected chi connectivity index (χ2v) is 7.32. The smallest absolute Gasteiger partial charge is 0.190 e. The number of hydrogen-bond donors (Lipinski definition) is 2. The van der Waals surface area contributed by atoms with Gasteiger partial charge in [0.05, 0.1) is 12.7 Å². The van der Waals surface area contributed by atoms with Gasteiger partial charge in [-0.15, -0.1) is 24.0 Å². The molecule has 0 aromatic heterocycles. The van der Waals surface area contributed by atoms with Gasteiger partial charge in [-0.1, -0.05) is 19.3 Å². The first-order chi connectivity index (χ1) is 13.8. The zero-order chi connectivity index (χ0) is 19.6. The van der Waals surface area contributed by atoms with Crippen molar-refractivity contribution in [3.63, 3.8) is 0 Å². The van der Waals surface area contributed by atoms with E-state index in [1.54, 1.807) is 7.05 Å². The van der Waals surface area contributed by atoms with Crippen molar-refractivity contribution in [1.29, 1.82) is 0 Å². The maximum Gasteiger partial charge on any atom is 0.190 e. The summed E-state index contributed by atoms with van der Waals surface area (Å²) in [5.41, 5.74) is 1.61. The summed E-state index contributed by atoms with van der Waals surface area (Å²) < 4.78 is 30.5. The Balaban J connectivity index is 0.00000300. The average Bonchev–Trinajstić information content (AvgIpc) is 2.72. The number of fused-ring (bicyclic) bond motifs is 1. The molecule has 8 heteroatoms. The molecule has 0 radical (unpaired) electrons. The van der Waals surface area contributed by atoms with Crippen molar-refractivity contribution in [2.24, 2.45) is 4.99 Å². The summed E-state index contributed by atoms with van der Waals surface area (Å²) in [6.45, 7) is 2.83. The summed E-state index contributed by atoms with van der Waals surface area (Å²) in [5.74, 6) is 1.23. The van der Waals surface area contributed by atoms with Crippen LogP contribution in [0.4, 0.5) is 4.39 Å². The molecule has 1 aromatic rings. The minimum absolute atomic E-state index is 0. The van der Waals surface area contributed by atoms with Crippen LogP contribution in [0.2, 0.25) is 0 Å². The van der Waals surface area contributed by atoms with Crippen LogP contribution in [0.15, 0.2) is 17.1 Å². The van der Waals surface area contributed by atoms with E-state index in [4.69, 9.17) is 14.2 Å². The number of halogens is 2. The molecule has 0 spiro atoms. The molecular weight excluding hydrogens is 488 g/mol. The molecule has 6 nitrogen and oxygen atoms in total. The molecule has 0 saturated heterocycles. The number of guanidine groups is 1. The molecule has 1 saturated carbocycles. The van der Waals surface area contributed by atoms with E-state index in [9.17, 15) is 4.39 Å². The lowest BCUT2D eigenvalue weighted by molar-refractivity contribution is -0.0172. The Hall–Kier alpha value is -1.13. The van der Waals surface area contributed by atoms with Crippen molar-refractivity contribution in [2.75, 3.05) is 33.5 Å². The summed E-state index contributed by atoms with van der Waals surface area (Å²) in [6, 6.07) is 3.01. The van der Waals surface area contributed by atoms with Gasteiger partial charge in [0.25, 0.3) is 0 Å². The van der Waals surface area contributed by atoms with Gasteiger partial charge >= 0.3 is 0 Å². The van der Waals surface area contributed by atoms with E-state index in [1.807, 2.05) is 0 Å². The topological polar surface area (TPSA) is 64.1 Å². The minimum Gasteiger partial charge on any atom is -0.467 e. The molecule has 1 aliphatic carbocycles. The first-order valence-electron chi connectivity index (χ1n) is 10.3. The standard InChI is InChI=1S/C21H32FN3O3.HI/c1-23-21(24-9-5-11-27-19-6-3-2-4-7-19)25-10-8-16-12-18(22)13-17-14-26-15-28-20(16)17;/h12-13,19H,2-11,14-15H2,1H3,(H2,23,24,25);1H. The second kappa shape index (κ2) is 13.2. The molecule has 1 aliphatic heterocycles. The summed E-state index contributed by atoms with van der Waals surface area (Å²) in [4.78, 5) is 4.24. The lowest BCUT2D eigenvalue weighted by Gasteiger charge is -2.22. The number of nitrogens with one attached hydrogen (secondary N) is 2. The summed E-state index contributed by atoms with van der Waals surface area (Å²) in [7, 11) is 1.75. The average molecular weight is 521 g/mol. The van der Waals surface area contributed by atoms with E-state index in [0.717, 1.165) is 42.4 Å². The number of nitrogens with zero attached hydrogens (tertiary/aromatic N) is 1. The molecule has 3 rings (SSSR count). The highest BCUT2D eigenvalue weighted by molar-refractivity contribution is 14.0. The highest BCUT2D eigenvalue weighted by atomic mass is 127. The fourth-order valence-electron chi connectivity index (χ4n) is 3.74. The van der Waals surface area contributed by atoms with Crippen molar-refractivity contribution in [1.82, 2.24) is 10.6 Å². The Labute approximate surface area is 190 Å². The first-order valence-corrected chi connectivity index (χ1v) is 10.3. The van der Waals surface area contributed by atoms with Gasteiger partial charge < -0.3 is 24.8 Å².